The fraction of sp³-hybridized carbons (Fsp3) is 0.533. The second kappa shape index (κ2) is 5.39. The minimum absolute atomic E-state index is 0.121. The smallest absolute Gasteiger partial charge is 0.218 e. The summed E-state index contributed by atoms with van der Waals surface area (Å²) in [5, 5.41) is 0.602. The predicted octanol–water partition coefficient (Wildman–Crippen LogP) is 2.08. The number of nitrogens with zero attached hydrogens (tertiary/aromatic N) is 1. The van der Waals surface area contributed by atoms with Crippen molar-refractivity contribution < 1.29 is 14.3 Å². The SMILES string of the molecule is NC(=O)CC1(CC(=O)c2cc(Cl)c(C3CC3)cn2)COC1. The summed E-state index contributed by atoms with van der Waals surface area (Å²) in [5.74, 6) is -0.0413. The molecule has 0 atom stereocenters. The van der Waals surface area contributed by atoms with E-state index in [2.05, 4.69) is 4.98 Å². The molecule has 1 amide bonds. The molecule has 0 radical (unpaired) electrons. The lowest BCUT2D eigenvalue weighted by Crippen LogP contribution is -2.46. The van der Waals surface area contributed by atoms with Gasteiger partial charge in [-0.2, -0.15) is 0 Å². The molecule has 6 heteroatoms. The number of ketones is 1. The summed E-state index contributed by atoms with van der Waals surface area (Å²) in [6, 6.07) is 1.63. The van der Waals surface area contributed by atoms with Gasteiger partial charge in [-0.05, 0) is 30.4 Å². The highest BCUT2D eigenvalue weighted by Gasteiger charge is 2.42. The maximum atomic E-state index is 12.4. The first-order valence-electron chi connectivity index (χ1n) is 7.04. The van der Waals surface area contributed by atoms with E-state index < -0.39 is 11.3 Å². The van der Waals surface area contributed by atoms with Crippen LogP contribution >= 0.6 is 11.6 Å². The molecular formula is C15H17ClN2O3. The van der Waals surface area contributed by atoms with Crippen molar-refractivity contribution in [3.63, 3.8) is 0 Å². The number of carbonyl (C=O) groups excluding carboxylic acids is 2. The van der Waals surface area contributed by atoms with Crippen LogP contribution in [0.1, 0.15) is 47.7 Å². The summed E-state index contributed by atoms with van der Waals surface area (Å²) in [6.07, 6.45) is 4.33. The van der Waals surface area contributed by atoms with Gasteiger partial charge in [-0.15, -0.1) is 0 Å². The fourth-order valence-corrected chi connectivity index (χ4v) is 3.05. The Morgan fingerprint density at radius 2 is 2.10 bits per heavy atom. The minimum atomic E-state index is -0.466. The molecular weight excluding hydrogens is 292 g/mol. The quantitative estimate of drug-likeness (QED) is 0.816. The molecule has 0 aromatic carbocycles. The maximum absolute atomic E-state index is 12.4. The molecule has 1 aromatic heterocycles. The molecule has 2 fully saturated rings. The summed E-state index contributed by atoms with van der Waals surface area (Å²) >= 11 is 6.22. The van der Waals surface area contributed by atoms with Gasteiger partial charge in [0.2, 0.25) is 5.91 Å². The Labute approximate surface area is 127 Å². The second-order valence-corrected chi connectivity index (χ2v) is 6.51. The standard InChI is InChI=1S/C15H17ClN2O3/c16-11-3-12(18-6-10(11)9-1-2-9)13(19)4-15(5-14(17)20)7-21-8-15/h3,6,9H,1-2,4-5,7-8H2,(H2,17,20). The van der Waals surface area contributed by atoms with Crippen molar-refractivity contribution in [3.05, 3.63) is 28.5 Å². The van der Waals surface area contributed by atoms with E-state index in [1.54, 1.807) is 12.3 Å². The van der Waals surface area contributed by atoms with E-state index in [1.807, 2.05) is 0 Å². The number of aromatic nitrogens is 1. The zero-order chi connectivity index (χ0) is 15.0. The number of primary amides is 1. The van der Waals surface area contributed by atoms with E-state index >= 15 is 0 Å². The Kier molecular flexibility index (Phi) is 3.71. The van der Waals surface area contributed by atoms with E-state index in [9.17, 15) is 9.59 Å². The minimum Gasteiger partial charge on any atom is -0.380 e. The third-order valence-electron chi connectivity index (χ3n) is 4.09. The van der Waals surface area contributed by atoms with E-state index in [-0.39, 0.29) is 18.6 Å². The summed E-state index contributed by atoms with van der Waals surface area (Å²) in [5.41, 5.74) is 6.15. The molecule has 1 aliphatic carbocycles. The van der Waals surface area contributed by atoms with E-state index in [4.69, 9.17) is 22.1 Å². The number of rotatable bonds is 6. The van der Waals surface area contributed by atoms with Crippen LogP contribution in [0.5, 0.6) is 0 Å². The first kappa shape index (κ1) is 14.5. The Balaban J connectivity index is 1.72. The summed E-state index contributed by atoms with van der Waals surface area (Å²) in [4.78, 5) is 27.7. The predicted molar refractivity (Wildman–Crippen MR) is 77.2 cm³/mol. The Morgan fingerprint density at radius 3 is 2.57 bits per heavy atom. The van der Waals surface area contributed by atoms with E-state index in [1.165, 1.54) is 0 Å². The molecule has 112 valence electrons. The molecule has 1 saturated heterocycles. The Hall–Kier alpha value is -1.46. The molecule has 21 heavy (non-hydrogen) atoms. The lowest BCUT2D eigenvalue weighted by molar-refractivity contribution is -0.139. The van der Waals surface area contributed by atoms with Crippen LogP contribution in [-0.2, 0) is 9.53 Å². The van der Waals surface area contributed by atoms with Gasteiger partial charge >= 0.3 is 0 Å². The molecule has 0 spiro atoms. The summed E-state index contributed by atoms with van der Waals surface area (Å²) in [6.45, 7) is 0.769. The van der Waals surface area contributed by atoms with Gasteiger partial charge in [0.25, 0.3) is 0 Å². The lowest BCUT2D eigenvalue weighted by Gasteiger charge is -2.40. The van der Waals surface area contributed by atoms with Crippen LogP contribution in [0.4, 0.5) is 0 Å². The number of ether oxygens (including phenoxy) is 1. The third-order valence-corrected chi connectivity index (χ3v) is 4.41. The largest absolute Gasteiger partial charge is 0.380 e. The van der Waals surface area contributed by atoms with Crippen molar-refractivity contribution in [3.8, 4) is 0 Å². The van der Waals surface area contributed by atoms with Gasteiger partial charge in [0.05, 0.1) is 13.2 Å². The van der Waals surface area contributed by atoms with Crippen molar-refractivity contribution in [2.24, 2.45) is 11.1 Å². The van der Waals surface area contributed by atoms with Crippen molar-refractivity contribution in [2.75, 3.05) is 13.2 Å². The molecule has 5 nitrogen and oxygen atoms in total. The van der Waals surface area contributed by atoms with Crippen LogP contribution in [0.15, 0.2) is 12.3 Å². The molecule has 2 aliphatic rings. The molecule has 2 heterocycles. The number of nitrogens with two attached hydrogens (primary N) is 1. The zero-order valence-corrected chi connectivity index (χ0v) is 12.4. The van der Waals surface area contributed by atoms with Gasteiger partial charge in [-0.25, -0.2) is 0 Å². The van der Waals surface area contributed by atoms with E-state index in [0.29, 0.717) is 29.8 Å². The van der Waals surface area contributed by atoms with Crippen LogP contribution in [0.3, 0.4) is 0 Å². The van der Waals surface area contributed by atoms with Gasteiger partial charge < -0.3 is 10.5 Å². The zero-order valence-electron chi connectivity index (χ0n) is 11.6. The third kappa shape index (κ3) is 3.09. The fourth-order valence-electron chi connectivity index (χ4n) is 2.75. The average Bonchev–Trinajstić information content (AvgIpc) is 3.19. The van der Waals surface area contributed by atoms with Gasteiger partial charge in [0.1, 0.15) is 5.69 Å². The topological polar surface area (TPSA) is 82.3 Å². The first-order chi connectivity index (χ1) is 9.99. The van der Waals surface area contributed by atoms with Gasteiger partial charge in [0, 0.05) is 29.5 Å². The number of amides is 1. The van der Waals surface area contributed by atoms with Crippen LogP contribution in [0.2, 0.25) is 5.02 Å². The number of Topliss-reactive ketones (excluding diaryl/α,β-unsaturated/α-hetero) is 1. The highest BCUT2D eigenvalue weighted by atomic mass is 35.5. The van der Waals surface area contributed by atoms with Crippen LogP contribution < -0.4 is 5.73 Å². The lowest BCUT2D eigenvalue weighted by atomic mass is 9.77. The van der Waals surface area contributed by atoms with Crippen LogP contribution in [0, 0.1) is 5.41 Å². The van der Waals surface area contributed by atoms with Crippen LogP contribution in [-0.4, -0.2) is 29.9 Å². The van der Waals surface area contributed by atoms with Crippen molar-refractivity contribution >= 4 is 23.3 Å². The Morgan fingerprint density at radius 1 is 1.38 bits per heavy atom. The molecule has 0 bridgehead atoms. The molecule has 1 saturated carbocycles. The molecule has 1 aromatic rings. The van der Waals surface area contributed by atoms with E-state index in [0.717, 1.165) is 18.4 Å². The van der Waals surface area contributed by atoms with Gasteiger partial charge in [-0.3, -0.25) is 14.6 Å². The van der Waals surface area contributed by atoms with Crippen molar-refractivity contribution in [1.82, 2.24) is 4.98 Å². The van der Waals surface area contributed by atoms with Crippen molar-refractivity contribution in [2.45, 2.75) is 31.6 Å². The number of hydrogen-bond acceptors (Lipinski definition) is 4. The Bertz CT molecular complexity index is 595. The monoisotopic (exact) mass is 308 g/mol. The summed E-state index contributed by atoms with van der Waals surface area (Å²) in [7, 11) is 0. The molecule has 0 unspecified atom stereocenters. The number of halogens is 1. The average molecular weight is 309 g/mol. The molecule has 1 aliphatic heterocycles. The van der Waals surface area contributed by atoms with Crippen LogP contribution in [0.25, 0.3) is 0 Å². The second-order valence-electron chi connectivity index (χ2n) is 6.10. The van der Waals surface area contributed by atoms with Gasteiger partial charge in [0.15, 0.2) is 5.78 Å². The molecule has 2 N–H and O–H groups in total. The molecule has 3 rings (SSSR count). The highest BCUT2D eigenvalue weighted by Crippen LogP contribution is 2.43. The number of carbonyl (C=O) groups is 2. The maximum Gasteiger partial charge on any atom is 0.218 e. The number of pyridine rings is 1. The highest BCUT2D eigenvalue weighted by molar-refractivity contribution is 6.31. The number of hydrogen-bond donors (Lipinski definition) is 1. The normalized spacial score (nSPS) is 19.9. The first-order valence-corrected chi connectivity index (χ1v) is 7.42. The van der Waals surface area contributed by atoms with Gasteiger partial charge in [-0.1, -0.05) is 11.6 Å². The summed E-state index contributed by atoms with van der Waals surface area (Å²) < 4.78 is 5.15. The van der Waals surface area contributed by atoms with Crippen molar-refractivity contribution in [1.29, 1.82) is 0 Å².